The number of methoxy groups -OCH3 is 1. The van der Waals surface area contributed by atoms with Crippen LogP contribution in [-0.2, 0) is 12.8 Å². The summed E-state index contributed by atoms with van der Waals surface area (Å²) in [6.45, 7) is 0. The maximum Gasteiger partial charge on any atom is 0.287 e. The highest BCUT2D eigenvalue weighted by Gasteiger charge is 2.24. The number of hydrogen-bond donors (Lipinski definition) is 2. The minimum Gasteiger partial charge on any atom is -0.507 e. The van der Waals surface area contributed by atoms with Gasteiger partial charge in [-0.15, -0.1) is 10.2 Å². The molecule has 132 valence electrons. The maximum absolute atomic E-state index is 11.8. The summed E-state index contributed by atoms with van der Waals surface area (Å²) in [6, 6.07) is 10.9. The average Bonchev–Trinajstić information content (AvgIpc) is 3.29. The number of aryl methyl sites for hydroxylation is 1. The van der Waals surface area contributed by atoms with Gasteiger partial charge in [-0.05, 0) is 60.7 Å². The molecule has 1 aliphatic carbocycles. The maximum atomic E-state index is 11.8. The molecule has 0 bridgehead atoms. The number of fused-ring (bicyclic) bond motifs is 1. The van der Waals surface area contributed by atoms with Crippen LogP contribution in [-0.4, -0.2) is 32.9 Å². The number of carbonyl (C=O) groups excluding carboxylic acids is 1. The molecule has 7 nitrogen and oxygen atoms in total. The lowest BCUT2D eigenvalue weighted by molar-refractivity contribution is 0.0988. The summed E-state index contributed by atoms with van der Waals surface area (Å²) in [6.07, 6.45) is 2.80. The van der Waals surface area contributed by atoms with Crippen molar-refractivity contribution in [3.63, 3.8) is 0 Å². The smallest absolute Gasteiger partial charge is 0.287 e. The fourth-order valence-corrected chi connectivity index (χ4v) is 3.42. The van der Waals surface area contributed by atoms with Crippen LogP contribution in [0.15, 0.2) is 36.4 Å². The largest absolute Gasteiger partial charge is 0.507 e. The molecule has 0 spiro atoms. The Balaban J connectivity index is 1.91. The molecular weight excluding hydrogens is 332 g/mol. The first-order valence-electron chi connectivity index (χ1n) is 8.34. The Hall–Kier alpha value is -3.35. The van der Waals surface area contributed by atoms with Crippen molar-refractivity contribution >= 4 is 5.91 Å². The van der Waals surface area contributed by atoms with Crippen LogP contribution in [0.1, 0.15) is 28.2 Å². The first-order chi connectivity index (χ1) is 12.6. The fourth-order valence-electron chi connectivity index (χ4n) is 3.42. The van der Waals surface area contributed by atoms with Gasteiger partial charge in [-0.2, -0.15) is 0 Å². The molecule has 0 saturated heterocycles. The molecule has 1 heterocycles. The third-order valence-electron chi connectivity index (χ3n) is 4.71. The highest BCUT2D eigenvalue weighted by Crippen LogP contribution is 2.38. The van der Waals surface area contributed by atoms with Gasteiger partial charge in [0.05, 0.1) is 12.7 Å². The van der Waals surface area contributed by atoms with E-state index < -0.39 is 5.91 Å². The summed E-state index contributed by atoms with van der Waals surface area (Å²) in [5, 5.41) is 18.8. The molecule has 0 fully saturated rings. The number of amides is 1. The molecule has 0 saturated carbocycles. The van der Waals surface area contributed by atoms with Crippen molar-refractivity contribution in [2.75, 3.05) is 7.11 Å². The molecule has 0 aliphatic heterocycles. The van der Waals surface area contributed by atoms with Crippen molar-refractivity contribution < 1.29 is 14.6 Å². The summed E-state index contributed by atoms with van der Waals surface area (Å²) >= 11 is 0. The van der Waals surface area contributed by atoms with Crippen LogP contribution < -0.4 is 10.5 Å². The summed E-state index contributed by atoms with van der Waals surface area (Å²) in [5.74, 6) is 0.559. The molecule has 0 radical (unpaired) electrons. The zero-order valence-corrected chi connectivity index (χ0v) is 14.3. The van der Waals surface area contributed by atoms with Crippen LogP contribution in [0, 0.1) is 0 Å². The van der Waals surface area contributed by atoms with E-state index in [1.165, 1.54) is 0 Å². The molecule has 1 aliphatic rings. The van der Waals surface area contributed by atoms with Gasteiger partial charge < -0.3 is 15.6 Å². The number of benzene rings is 2. The van der Waals surface area contributed by atoms with Crippen molar-refractivity contribution in [3.05, 3.63) is 53.3 Å². The highest BCUT2D eigenvalue weighted by molar-refractivity contribution is 5.91. The monoisotopic (exact) mass is 350 g/mol. The predicted molar refractivity (Wildman–Crippen MR) is 95.6 cm³/mol. The van der Waals surface area contributed by atoms with Gasteiger partial charge in [0, 0.05) is 5.69 Å². The molecule has 3 N–H and O–H groups in total. The van der Waals surface area contributed by atoms with E-state index in [-0.39, 0.29) is 11.6 Å². The van der Waals surface area contributed by atoms with Gasteiger partial charge in [-0.3, -0.25) is 9.36 Å². The quantitative estimate of drug-likeness (QED) is 0.751. The molecule has 7 heteroatoms. The van der Waals surface area contributed by atoms with E-state index in [1.54, 1.807) is 35.9 Å². The van der Waals surface area contributed by atoms with E-state index >= 15 is 0 Å². The molecule has 2 aromatic carbocycles. The average molecular weight is 350 g/mol. The van der Waals surface area contributed by atoms with Crippen molar-refractivity contribution in [1.29, 1.82) is 0 Å². The highest BCUT2D eigenvalue weighted by atomic mass is 16.5. The summed E-state index contributed by atoms with van der Waals surface area (Å²) in [5.41, 5.74) is 8.75. The van der Waals surface area contributed by atoms with Gasteiger partial charge >= 0.3 is 0 Å². The van der Waals surface area contributed by atoms with Gasteiger partial charge in [0.15, 0.2) is 5.82 Å². The standard InChI is InChI=1S/C19H18N4O3/c1-26-13-8-6-12(7-9-13)23-18(21-22-19(23)17(20)25)15-10-5-11-3-2-4-14(11)16(15)24/h5-10,24H,2-4H2,1H3,(H2,20,25). The molecule has 26 heavy (non-hydrogen) atoms. The minimum atomic E-state index is -0.694. The third kappa shape index (κ3) is 2.48. The molecule has 0 unspecified atom stereocenters. The Morgan fingerprint density at radius 1 is 1.15 bits per heavy atom. The molecule has 1 amide bonds. The molecule has 0 atom stereocenters. The summed E-state index contributed by atoms with van der Waals surface area (Å²) < 4.78 is 6.73. The number of phenolic OH excluding ortho intramolecular Hbond substituents is 1. The zero-order chi connectivity index (χ0) is 18.3. The second-order valence-corrected chi connectivity index (χ2v) is 6.20. The van der Waals surface area contributed by atoms with Gasteiger partial charge in [0.1, 0.15) is 11.5 Å². The Kier molecular flexibility index (Phi) is 3.84. The van der Waals surface area contributed by atoms with E-state index in [0.29, 0.717) is 22.8 Å². The van der Waals surface area contributed by atoms with E-state index in [2.05, 4.69) is 10.2 Å². The number of hydrogen-bond acceptors (Lipinski definition) is 5. The van der Waals surface area contributed by atoms with Gasteiger partial charge in [0.2, 0.25) is 5.82 Å². The van der Waals surface area contributed by atoms with Gasteiger partial charge in [0.25, 0.3) is 5.91 Å². The number of carbonyl (C=O) groups is 1. The van der Waals surface area contributed by atoms with Crippen molar-refractivity contribution in [2.45, 2.75) is 19.3 Å². The van der Waals surface area contributed by atoms with E-state index in [1.807, 2.05) is 12.1 Å². The molecular formula is C19H18N4O3. The van der Waals surface area contributed by atoms with Crippen LogP contribution in [0.5, 0.6) is 11.5 Å². The predicted octanol–water partition coefficient (Wildman–Crippen LogP) is 2.24. The number of ether oxygens (including phenoxy) is 1. The van der Waals surface area contributed by atoms with Crippen LogP contribution in [0.3, 0.4) is 0 Å². The van der Waals surface area contributed by atoms with Crippen molar-refractivity contribution in [1.82, 2.24) is 14.8 Å². The van der Waals surface area contributed by atoms with Crippen LogP contribution in [0.25, 0.3) is 17.1 Å². The number of aromatic nitrogens is 3. The molecule has 4 rings (SSSR count). The van der Waals surface area contributed by atoms with Crippen LogP contribution in [0.2, 0.25) is 0 Å². The first-order valence-corrected chi connectivity index (χ1v) is 8.34. The van der Waals surface area contributed by atoms with Crippen molar-refractivity contribution in [2.24, 2.45) is 5.73 Å². The number of nitrogens with zero attached hydrogens (tertiary/aromatic N) is 3. The lowest BCUT2D eigenvalue weighted by atomic mass is 10.0. The van der Waals surface area contributed by atoms with E-state index in [0.717, 1.165) is 30.4 Å². The topological polar surface area (TPSA) is 103 Å². The summed E-state index contributed by atoms with van der Waals surface area (Å²) in [4.78, 5) is 11.8. The number of aromatic hydroxyl groups is 1. The number of phenols is 1. The minimum absolute atomic E-state index is 0.00469. The lowest BCUT2D eigenvalue weighted by Crippen LogP contribution is -2.17. The lowest BCUT2D eigenvalue weighted by Gasteiger charge is -2.12. The van der Waals surface area contributed by atoms with Crippen LogP contribution >= 0.6 is 0 Å². The number of rotatable bonds is 4. The number of primary amides is 1. The second-order valence-electron chi connectivity index (χ2n) is 6.20. The van der Waals surface area contributed by atoms with E-state index in [9.17, 15) is 9.90 Å². The first kappa shape index (κ1) is 16.1. The van der Waals surface area contributed by atoms with Gasteiger partial charge in [-0.1, -0.05) is 6.07 Å². The Bertz CT molecular complexity index is 993. The zero-order valence-electron chi connectivity index (χ0n) is 14.3. The normalized spacial score (nSPS) is 12.8. The second kappa shape index (κ2) is 6.18. The van der Waals surface area contributed by atoms with Crippen LogP contribution in [0.4, 0.5) is 0 Å². The van der Waals surface area contributed by atoms with E-state index in [4.69, 9.17) is 10.5 Å². The van der Waals surface area contributed by atoms with Crippen molar-refractivity contribution in [3.8, 4) is 28.6 Å². The van der Waals surface area contributed by atoms with Gasteiger partial charge in [-0.25, -0.2) is 0 Å². The Morgan fingerprint density at radius 2 is 1.92 bits per heavy atom. The summed E-state index contributed by atoms with van der Waals surface area (Å²) in [7, 11) is 1.58. The fraction of sp³-hybridized carbons (Fsp3) is 0.211. The molecule has 1 aromatic heterocycles. The SMILES string of the molecule is COc1ccc(-n2c(C(N)=O)nnc2-c2ccc3c(c2O)CCC3)cc1. The Morgan fingerprint density at radius 3 is 2.62 bits per heavy atom. The third-order valence-corrected chi connectivity index (χ3v) is 4.71. The number of nitrogens with two attached hydrogens (primary N) is 1. The Labute approximate surface area is 150 Å². The molecule has 3 aromatic rings.